The molecule has 2 aromatic heterocycles. The Morgan fingerprint density at radius 3 is 2.90 bits per heavy atom. The molecule has 7 nitrogen and oxygen atoms in total. The first kappa shape index (κ1) is 14.2. The van der Waals surface area contributed by atoms with Crippen molar-refractivity contribution in [2.24, 2.45) is 0 Å². The first-order valence-electron chi connectivity index (χ1n) is 6.71. The Morgan fingerprint density at radius 2 is 2.10 bits per heavy atom. The lowest BCUT2D eigenvalue weighted by atomic mass is 10.1. The number of hydrogen-bond donors (Lipinski definition) is 2. The molecule has 0 aliphatic rings. The maximum absolute atomic E-state index is 10.4. The number of fused-ring (bicyclic) bond motifs is 1. The lowest BCUT2D eigenvalue weighted by Gasteiger charge is -2.05. The second kappa shape index (κ2) is 6.83. The Balaban J connectivity index is 1.76. The number of anilines is 1. The summed E-state index contributed by atoms with van der Waals surface area (Å²) in [6.07, 6.45) is 5.33. The molecule has 0 spiro atoms. The van der Waals surface area contributed by atoms with E-state index < -0.39 is 5.97 Å². The number of rotatable bonds is 8. The summed E-state index contributed by atoms with van der Waals surface area (Å²) >= 11 is 0. The van der Waals surface area contributed by atoms with Gasteiger partial charge in [0.1, 0.15) is 17.5 Å². The smallest absolute Gasteiger partial charge is 0.303 e. The molecule has 2 aromatic rings. The fourth-order valence-electron chi connectivity index (χ4n) is 2.02. The van der Waals surface area contributed by atoms with Crippen LogP contribution in [0.15, 0.2) is 10.9 Å². The van der Waals surface area contributed by atoms with Crippen LogP contribution in [0, 0.1) is 6.92 Å². The minimum absolute atomic E-state index is 0.250. The van der Waals surface area contributed by atoms with E-state index in [0.717, 1.165) is 49.1 Å². The molecule has 20 heavy (non-hydrogen) atoms. The van der Waals surface area contributed by atoms with Crippen LogP contribution in [-0.2, 0) is 4.79 Å². The monoisotopic (exact) mass is 278 g/mol. The van der Waals surface area contributed by atoms with E-state index in [9.17, 15) is 4.79 Å². The predicted octanol–water partition coefficient (Wildman–Crippen LogP) is 2.37. The van der Waals surface area contributed by atoms with Crippen molar-refractivity contribution in [1.29, 1.82) is 0 Å². The third-order valence-corrected chi connectivity index (χ3v) is 3.05. The number of aryl methyl sites for hydroxylation is 1. The Labute approximate surface area is 116 Å². The number of carboxylic acids is 1. The molecule has 2 rings (SSSR count). The molecule has 108 valence electrons. The van der Waals surface area contributed by atoms with Crippen LogP contribution in [-0.4, -0.2) is 32.7 Å². The summed E-state index contributed by atoms with van der Waals surface area (Å²) in [6, 6.07) is 0. The zero-order valence-electron chi connectivity index (χ0n) is 11.4. The Bertz CT molecular complexity index is 582. The predicted molar refractivity (Wildman–Crippen MR) is 73.5 cm³/mol. The van der Waals surface area contributed by atoms with E-state index in [1.807, 2.05) is 6.92 Å². The molecule has 2 heterocycles. The maximum atomic E-state index is 10.4. The number of unbranched alkanes of at least 4 members (excludes halogenated alkanes) is 3. The van der Waals surface area contributed by atoms with Gasteiger partial charge in [-0.2, -0.15) is 4.98 Å². The zero-order chi connectivity index (χ0) is 14.4. The Hall–Kier alpha value is -2.18. The van der Waals surface area contributed by atoms with Crippen LogP contribution < -0.4 is 5.32 Å². The molecule has 0 saturated carbocycles. The molecular formula is C13H18N4O3. The fraction of sp³-hybridized carbons (Fsp3) is 0.538. The van der Waals surface area contributed by atoms with Gasteiger partial charge >= 0.3 is 5.97 Å². The number of carboxylic acid groups (broad SMARTS) is 1. The van der Waals surface area contributed by atoms with Crippen LogP contribution in [0.4, 0.5) is 5.82 Å². The molecule has 0 saturated heterocycles. The summed E-state index contributed by atoms with van der Waals surface area (Å²) in [5.74, 6) is 0.00808. The highest BCUT2D eigenvalue weighted by molar-refractivity contribution is 5.87. The molecule has 0 aliphatic heterocycles. The van der Waals surface area contributed by atoms with Crippen LogP contribution >= 0.6 is 0 Å². The van der Waals surface area contributed by atoms with E-state index in [-0.39, 0.29) is 6.42 Å². The molecular weight excluding hydrogens is 260 g/mol. The van der Waals surface area contributed by atoms with E-state index in [1.54, 1.807) is 0 Å². The van der Waals surface area contributed by atoms with Crippen molar-refractivity contribution in [3.63, 3.8) is 0 Å². The number of carbonyl (C=O) groups is 1. The minimum Gasteiger partial charge on any atom is -0.481 e. The average molecular weight is 278 g/mol. The maximum Gasteiger partial charge on any atom is 0.303 e. The largest absolute Gasteiger partial charge is 0.481 e. The van der Waals surface area contributed by atoms with E-state index >= 15 is 0 Å². The van der Waals surface area contributed by atoms with Crippen LogP contribution in [0.3, 0.4) is 0 Å². The number of nitrogens with one attached hydrogen (secondary N) is 1. The third kappa shape index (κ3) is 3.66. The van der Waals surface area contributed by atoms with Crippen molar-refractivity contribution in [3.05, 3.63) is 12.0 Å². The minimum atomic E-state index is -0.727. The zero-order valence-corrected chi connectivity index (χ0v) is 11.4. The van der Waals surface area contributed by atoms with Crippen molar-refractivity contribution in [1.82, 2.24) is 15.1 Å². The lowest BCUT2D eigenvalue weighted by Crippen LogP contribution is -2.04. The summed E-state index contributed by atoms with van der Waals surface area (Å²) in [6.45, 7) is 2.63. The summed E-state index contributed by atoms with van der Waals surface area (Å²) in [5, 5.41) is 16.5. The van der Waals surface area contributed by atoms with Crippen molar-refractivity contribution in [3.8, 4) is 0 Å². The molecule has 0 bridgehead atoms. The molecule has 0 atom stereocenters. The summed E-state index contributed by atoms with van der Waals surface area (Å²) in [4.78, 5) is 18.6. The molecule has 0 amide bonds. The molecule has 0 unspecified atom stereocenters. The Morgan fingerprint density at radius 1 is 1.30 bits per heavy atom. The van der Waals surface area contributed by atoms with Crippen molar-refractivity contribution in [2.75, 3.05) is 11.9 Å². The van der Waals surface area contributed by atoms with Crippen molar-refractivity contribution < 1.29 is 14.4 Å². The first-order valence-corrected chi connectivity index (χ1v) is 6.71. The highest BCUT2D eigenvalue weighted by Crippen LogP contribution is 2.22. The van der Waals surface area contributed by atoms with Crippen LogP contribution in [0.25, 0.3) is 11.1 Å². The van der Waals surface area contributed by atoms with Crippen molar-refractivity contribution in [2.45, 2.75) is 39.0 Å². The number of aliphatic carboxylic acids is 1. The van der Waals surface area contributed by atoms with Gasteiger partial charge in [0.2, 0.25) is 0 Å². The SMILES string of the molecule is Cc1noc2ncnc(NCCCCCCC(=O)O)c12. The number of aromatic nitrogens is 3. The highest BCUT2D eigenvalue weighted by atomic mass is 16.5. The molecule has 0 aromatic carbocycles. The van der Waals surface area contributed by atoms with Gasteiger partial charge in [-0.1, -0.05) is 18.0 Å². The lowest BCUT2D eigenvalue weighted by molar-refractivity contribution is -0.137. The van der Waals surface area contributed by atoms with Crippen LogP contribution in [0.2, 0.25) is 0 Å². The van der Waals surface area contributed by atoms with Gasteiger partial charge in [-0.3, -0.25) is 4.79 Å². The van der Waals surface area contributed by atoms with Gasteiger partial charge in [-0.05, 0) is 19.8 Å². The van der Waals surface area contributed by atoms with Gasteiger partial charge in [0.05, 0.1) is 5.69 Å². The van der Waals surface area contributed by atoms with E-state index in [1.165, 1.54) is 6.33 Å². The van der Waals surface area contributed by atoms with Gasteiger partial charge < -0.3 is 14.9 Å². The summed E-state index contributed by atoms with van der Waals surface area (Å²) in [5.41, 5.74) is 1.26. The van der Waals surface area contributed by atoms with E-state index in [0.29, 0.717) is 5.71 Å². The molecule has 2 N–H and O–H groups in total. The molecule has 0 fully saturated rings. The Kier molecular flexibility index (Phi) is 4.86. The number of hydrogen-bond acceptors (Lipinski definition) is 6. The van der Waals surface area contributed by atoms with E-state index in [2.05, 4.69) is 20.4 Å². The van der Waals surface area contributed by atoms with Gasteiger partial charge in [0.15, 0.2) is 0 Å². The van der Waals surface area contributed by atoms with Crippen LogP contribution in [0.1, 0.15) is 37.8 Å². The molecule has 7 heteroatoms. The second-order valence-corrected chi connectivity index (χ2v) is 4.66. The normalized spacial score (nSPS) is 10.8. The van der Waals surface area contributed by atoms with E-state index in [4.69, 9.17) is 9.63 Å². The van der Waals surface area contributed by atoms with Gasteiger partial charge in [-0.15, -0.1) is 0 Å². The van der Waals surface area contributed by atoms with Gasteiger partial charge in [0, 0.05) is 13.0 Å². The van der Waals surface area contributed by atoms with Gasteiger partial charge in [-0.25, -0.2) is 4.98 Å². The highest BCUT2D eigenvalue weighted by Gasteiger charge is 2.11. The summed E-state index contributed by atoms with van der Waals surface area (Å²) < 4.78 is 5.07. The second-order valence-electron chi connectivity index (χ2n) is 4.66. The topological polar surface area (TPSA) is 101 Å². The third-order valence-electron chi connectivity index (χ3n) is 3.05. The number of nitrogens with zero attached hydrogens (tertiary/aromatic N) is 3. The average Bonchev–Trinajstić information content (AvgIpc) is 2.80. The molecule has 0 radical (unpaired) electrons. The summed E-state index contributed by atoms with van der Waals surface area (Å²) in [7, 11) is 0. The molecule has 0 aliphatic carbocycles. The standard InChI is InChI=1S/C13H18N4O3/c1-9-11-12(15-8-16-13(11)20-17-9)14-7-5-3-2-4-6-10(18)19/h8H,2-7H2,1H3,(H,18,19)(H,14,15,16). The fourth-order valence-corrected chi connectivity index (χ4v) is 2.02. The van der Waals surface area contributed by atoms with Crippen molar-refractivity contribution >= 4 is 22.9 Å². The van der Waals surface area contributed by atoms with Crippen LogP contribution in [0.5, 0.6) is 0 Å². The first-order chi connectivity index (χ1) is 9.68. The quantitative estimate of drug-likeness (QED) is 0.715. The van der Waals surface area contributed by atoms with Gasteiger partial charge in [0.25, 0.3) is 5.71 Å².